The van der Waals surface area contributed by atoms with E-state index in [-0.39, 0.29) is 18.0 Å². The number of benzene rings is 1. The summed E-state index contributed by atoms with van der Waals surface area (Å²) in [7, 11) is 4.04. The van der Waals surface area contributed by atoms with Crippen LogP contribution in [0.5, 0.6) is 0 Å². The van der Waals surface area contributed by atoms with E-state index in [1.807, 2.05) is 31.6 Å². The largest absolute Gasteiger partial charge is 0.450 e. The van der Waals surface area contributed by atoms with Crippen molar-refractivity contribution in [3.8, 4) is 0 Å². The Hall–Kier alpha value is -2.92. The second kappa shape index (κ2) is 12.6. The number of hydrogen-bond donors (Lipinski definition) is 2. The third-order valence-electron chi connectivity index (χ3n) is 6.88. The Morgan fingerprint density at radius 3 is 2.35 bits per heavy atom. The molecule has 1 aromatic heterocycles. The van der Waals surface area contributed by atoms with E-state index in [0.717, 1.165) is 47.4 Å². The molecule has 2 aliphatic rings. The zero-order chi connectivity index (χ0) is 26.4. The van der Waals surface area contributed by atoms with E-state index in [9.17, 15) is 9.59 Å². The van der Waals surface area contributed by atoms with Gasteiger partial charge in [-0.3, -0.25) is 4.79 Å². The molecule has 0 unspecified atom stereocenters. The number of rotatable bonds is 6. The number of thiazole rings is 1. The highest BCUT2D eigenvalue weighted by atomic mass is 32.1. The van der Waals surface area contributed by atoms with Gasteiger partial charge in [0.1, 0.15) is 5.69 Å². The third kappa shape index (κ3) is 7.10. The molecule has 1 aromatic carbocycles. The molecule has 2 amide bonds. The summed E-state index contributed by atoms with van der Waals surface area (Å²) in [6.45, 7) is 5.05. The number of likely N-dealkylation sites (tertiary alicyclic amines) is 2. The average molecular weight is 545 g/mol. The number of nitrogens with zero attached hydrogens (tertiary/aromatic N) is 4. The molecule has 200 valence electrons. The van der Waals surface area contributed by atoms with Gasteiger partial charge in [-0.2, -0.15) is 0 Å². The summed E-state index contributed by atoms with van der Waals surface area (Å²) in [6, 6.07) is 8.26. The molecule has 4 rings (SSSR count). The van der Waals surface area contributed by atoms with Gasteiger partial charge in [-0.1, -0.05) is 0 Å². The van der Waals surface area contributed by atoms with Crippen molar-refractivity contribution in [3.63, 3.8) is 0 Å². The maximum atomic E-state index is 12.8. The Kier molecular flexibility index (Phi) is 9.20. The van der Waals surface area contributed by atoms with Crippen molar-refractivity contribution in [1.29, 1.82) is 0 Å². The number of carbonyl (C=O) groups is 2. The predicted octanol–water partition coefficient (Wildman–Crippen LogP) is 4.14. The van der Waals surface area contributed by atoms with Crippen LogP contribution in [0.3, 0.4) is 0 Å². The van der Waals surface area contributed by atoms with Gasteiger partial charge in [-0.15, -0.1) is 11.3 Å². The van der Waals surface area contributed by atoms with E-state index in [0.29, 0.717) is 44.1 Å². The fraction of sp³-hybridized carbons (Fsp3) is 0.538. The van der Waals surface area contributed by atoms with E-state index in [1.54, 1.807) is 23.2 Å². The second-order valence-electron chi connectivity index (χ2n) is 9.64. The predicted molar refractivity (Wildman–Crippen MR) is 152 cm³/mol. The van der Waals surface area contributed by atoms with Crippen molar-refractivity contribution < 1.29 is 14.3 Å². The highest BCUT2D eigenvalue weighted by Crippen LogP contribution is 2.31. The summed E-state index contributed by atoms with van der Waals surface area (Å²) in [4.78, 5) is 35.3. The number of nitrogens with one attached hydrogen (secondary N) is 2. The summed E-state index contributed by atoms with van der Waals surface area (Å²) in [5, 5.41) is 10.0. The van der Waals surface area contributed by atoms with E-state index in [2.05, 4.69) is 37.6 Å². The molecule has 0 aliphatic carbocycles. The van der Waals surface area contributed by atoms with Gasteiger partial charge in [0.15, 0.2) is 5.11 Å². The van der Waals surface area contributed by atoms with Gasteiger partial charge in [-0.25, -0.2) is 9.78 Å². The molecular formula is C26H36N6O3S2. The lowest BCUT2D eigenvalue weighted by Gasteiger charge is -2.33. The van der Waals surface area contributed by atoms with Crippen LogP contribution in [0.25, 0.3) is 0 Å². The Bertz CT molecular complexity index is 1070. The Morgan fingerprint density at radius 2 is 1.73 bits per heavy atom. The first-order chi connectivity index (χ1) is 17.8. The lowest BCUT2D eigenvalue weighted by molar-refractivity contribution is 0.0857. The number of aromatic nitrogens is 1. The fourth-order valence-corrected chi connectivity index (χ4v) is 5.91. The van der Waals surface area contributed by atoms with Gasteiger partial charge in [0.2, 0.25) is 0 Å². The molecule has 11 heteroatoms. The molecule has 0 saturated carbocycles. The molecule has 9 nitrogen and oxygen atoms in total. The van der Waals surface area contributed by atoms with E-state index >= 15 is 0 Å². The van der Waals surface area contributed by atoms with Crippen LogP contribution in [-0.4, -0.2) is 84.8 Å². The van der Waals surface area contributed by atoms with Gasteiger partial charge in [0.05, 0.1) is 11.6 Å². The van der Waals surface area contributed by atoms with Crippen molar-refractivity contribution in [1.82, 2.24) is 20.1 Å². The SMILES string of the molecule is CCOC(=O)N1CCC(NC(=O)c2csc(C3CCN(C(=S)Nc4ccc(N(C)C)cc4)CC3)n2)CC1. The highest BCUT2D eigenvalue weighted by molar-refractivity contribution is 7.80. The van der Waals surface area contributed by atoms with Crippen LogP contribution in [-0.2, 0) is 4.74 Å². The van der Waals surface area contributed by atoms with Crippen LogP contribution in [0.4, 0.5) is 16.2 Å². The molecule has 37 heavy (non-hydrogen) atoms. The van der Waals surface area contributed by atoms with Crippen molar-refractivity contribution in [2.45, 2.75) is 44.6 Å². The fourth-order valence-electron chi connectivity index (χ4n) is 4.63. The minimum atomic E-state index is -0.280. The lowest BCUT2D eigenvalue weighted by Crippen LogP contribution is -2.46. The molecule has 0 bridgehead atoms. The molecule has 0 spiro atoms. The smallest absolute Gasteiger partial charge is 0.409 e. The van der Waals surface area contributed by atoms with Crippen molar-refractivity contribution in [2.75, 3.05) is 57.1 Å². The van der Waals surface area contributed by atoms with Crippen LogP contribution in [0.15, 0.2) is 29.6 Å². The second-order valence-corrected chi connectivity index (χ2v) is 10.9. The molecular weight excluding hydrogens is 508 g/mol. The molecule has 0 atom stereocenters. The third-order valence-corrected chi connectivity index (χ3v) is 8.24. The first-order valence-electron chi connectivity index (χ1n) is 12.8. The minimum Gasteiger partial charge on any atom is -0.450 e. The highest BCUT2D eigenvalue weighted by Gasteiger charge is 2.27. The molecule has 0 radical (unpaired) electrons. The van der Waals surface area contributed by atoms with E-state index in [4.69, 9.17) is 17.0 Å². The van der Waals surface area contributed by atoms with Crippen LogP contribution in [0.2, 0.25) is 0 Å². The zero-order valence-corrected chi connectivity index (χ0v) is 23.4. The zero-order valence-electron chi connectivity index (χ0n) is 21.7. The monoisotopic (exact) mass is 544 g/mol. The summed E-state index contributed by atoms with van der Waals surface area (Å²) < 4.78 is 5.06. The Balaban J connectivity index is 1.22. The van der Waals surface area contributed by atoms with E-state index < -0.39 is 0 Å². The summed E-state index contributed by atoms with van der Waals surface area (Å²) >= 11 is 7.22. The number of thiocarbonyl (C=S) groups is 1. The molecule has 2 saturated heterocycles. The topological polar surface area (TPSA) is 90.0 Å². The normalized spacial score (nSPS) is 16.8. The quantitative estimate of drug-likeness (QED) is 0.525. The van der Waals surface area contributed by atoms with Crippen molar-refractivity contribution in [3.05, 3.63) is 40.3 Å². The molecule has 3 heterocycles. The maximum absolute atomic E-state index is 12.8. The first-order valence-corrected chi connectivity index (χ1v) is 14.1. The van der Waals surface area contributed by atoms with Gasteiger partial charge in [0.25, 0.3) is 5.91 Å². The molecule has 2 N–H and O–H groups in total. The van der Waals surface area contributed by atoms with Crippen LogP contribution in [0, 0.1) is 0 Å². The van der Waals surface area contributed by atoms with Gasteiger partial charge >= 0.3 is 6.09 Å². The number of amides is 2. The lowest BCUT2D eigenvalue weighted by atomic mass is 9.98. The Labute approximate surface area is 228 Å². The number of hydrogen-bond acceptors (Lipinski definition) is 7. The maximum Gasteiger partial charge on any atom is 0.409 e. The van der Waals surface area contributed by atoms with Crippen molar-refractivity contribution >= 4 is 52.0 Å². The average Bonchev–Trinajstić information content (AvgIpc) is 3.40. The summed E-state index contributed by atoms with van der Waals surface area (Å²) in [5.41, 5.74) is 2.61. The Morgan fingerprint density at radius 1 is 1.08 bits per heavy atom. The van der Waals surface area contributed by atoms with Gasteiger partial charge in [0, 0.05) is 69.0 Å². The van der Waals surface area contributed by atoms with Crippen LogP contribution < -0.4 is 15.5 Å². The number of anilines is 2. The number of ether oxygens (including phenoxy) is 1. The van der Waals surface area contributed by atoms with Gasteiger partial charge < -0.3 is 30.1 Å². The number of piperidine rings is 2. The molecule has 2 aromatic rings. The van der Waals surface area contributed by atoms with E-state index in [1.165, 1.54) is 0 Å². The van der Waals surface area contributed by atoms with Crippen molar-refractivity contribution in [2.24, 2.45) is 0 Å². The molecule has 2 aliphatic heterocycles. The van der Waals surface area contributed by atoms with Gasteiger partial charge in [-0.05, 0) is 69.1 Å². The summed E-state index contributed by atoms with van der Waals surface area (Å²) in [5.74, 6) is 0.193. The first kappa shape index (κ1) is 27.1. The molecule has 2 fully saturated rings. The van der Waals surface area contributed by atoms with Crippen LogP contribution >= 0.6 is 23.6 Å². The van der Waals surface area contributed by atoms with Crippen LogP contribution in [0.1, 0.15) is 54.0 Å². The standard InChI is InChI=1S/C26H36N6O3S2/c1-4-35-26(34)32-15-11-20(12-16-32)27-23(33)22-17-37-24(29-22)18-9-13-31(14-10-18)25(36)28-19-5-7-21(8-6-19)30(2)3/h5-8,17-18,20H,4,9-16H2,1-3H3,(H,27,33)(H,28,36). The minimum absolute atomic E-state index is 0.0409. The summed E-state index contributed by atoms with van der Waals surface area (Å²) in [6.07, 6.45) is 3.05. The number of carbonyl (C=O) groups excluding carboxylic acids is 2.